The fourth-order valence-corrected chi connectivity index (χ4v) is 3.48. The molecular weight excluding hydrogens is 395 g/mol. The van der Waals surface area contributed by atoms with Crippen molar-refractivity contribution < 1.29 is 9.18 Å². The highest BCUT2D eigenvalue weighted by Gasteiger charge is 2.17. The molecule has 0 bridgehead atoms. The van der Waals surface area contributed by atoms with Crippen LogP contribution in [0.1, 0.15) is 25.0 Å². The number of benzene rings is 2. The number of hydrogen-bond acceptors (Lipinski definition) is 3. The summed E-state index contributed by atoms with van der Waals surface area (Å²) in [6.07, 6.45) is 0. The third-order valence-corrected chi connectivity index (χ3v) is 5.40. The lowest BCUT2D eigenvalue weighted by molar-refractivity contribution is 0.194. The molecule has 7 heteroatoms. The van der Waals surface area contributed by atoms with Crippen LogP contribution >= 0.6 is 0 Å². The maximum absolute atomic E-state index is 13.2. The van der Waals surface area contributed by atoms with Gasteiger partial charge in [0, 0.05) is 29.9 Å². The molecule has 0 aliphatic heterocycles. The smallest absolute Gasteiger partial charge is 0.322 e. The van der Waals surface area contributed by atoms with Crippen molar-refractivity contribution in [2.45, 2.75) is 27.3 Å². The van der Waals surface area contributed by atoms with Gasteiger partial charge in [-0.2, -0.15) is 0 Å². The number of hydrogen-bond donors (Lipinski definition) is 2. The average molecular weight is 425 g/mol. The normalized spacial score (nSPS) is 11.1. The molecule has 0 unspecified atom stereocenters. The summed E-state index contributed by atoms with van der Waals surface area (Å²) in [4.78, 5) is 32.4. The molecule has 31 heavy (non-hydrogen) atoms. The second-order valence-electron chi connectivity index (χ2n) is 7.60. The molecule has 2 amide bonds. The van der Waals surface area contributed by atoms with Crippen LogP contribution in [-0.4, -0.2) is 47.0 Å². The van der Waals surface area contributed by atoms with E-state index in [4.69, 9.17) is 0 Å². The number of amides is 2. The lowest BCUT2D eigenvalue weighted by atomic mass is 10.1. The Hall–Kier alpha value is -3.19. The number of rotatable bonds is 8. The van der Waals surface area contributed by atoms with Gasteiger partial charge >= 0.3 is 6.03 Å². The molecule has 0 saturated heterocycles. The van der Waals surface area contributed by atoms with Gasteiger partial charge in [0.2, 0.25) is 0 Å². The monoisotopic (exact) mass is 424 g/mol. The topological polar surface area (TPSA) is 68.4 Å². The molecule has 0 spiro atoms. The molecule has 0 radical (unpaired) electrons. The molecule has 0 aliphatic rings. The molecule has 1 heterocycles. The van der Waals surface area contributed by atoms with E-state index in [0.29, 0.717) is 24.3 Å². The van der Waals surface area contributed by atoms with E-state index in [1.807, 2.05) is 31.2 Å². The van der Waals surface area contributed by atoms with Gasteiger partial charge in [-0.05, 0) is 67.9 Å². The van der Waals surface area contributed by atoms with Crippen molar-refractivity contribution in [3.8, 4) is 0 Å². The zero-order valence-electron chi connectivity index (χ0n) is 18.2. The van der Waals surface area contributed by atoms with Crippen LogP contribution in [0, 0.1) is 12.7 Å². The number of fused-ring (bicyclic) bond motifs is 1. The van der Waals surface area contributed by atoms with Crippen molar-refractivity contribution >= 4 is 22.6 Å². The first kappa shape index (κ1) is 22.5. The molecule has 3 rings (SSSR count). The number of halogens is 1. The molecule has 1 aromatic heterocycles. The summed E-state index contributed by atoms with van der Waals surface area (Å²) in [5.41, 5.74) is 2.68. The van der Waals surface area contributed by atoms with Crippen LogP contribution in [-0.2, 0) is 6.54 Å². The van der Waals surface area contributed by atoms with Gasteiger partial charge in [0.15, 0.2) is 0 Å². The number of likely N-dealkylation sites (N-methyl/N-ethyl adjacent to an activating group) is 1. The molecule has 0 saturated carbocycles. The third kappa shape index (κ3) is 5.92. The van der Waals surface area contributed by atoms with Crippen molar-refractivity contribution in [2.24, 2.45) is 0 Å². The zero-order valence-corrected chi connectivity index (χ0v) is 18.2. The van der Waals surface area contributed by atoms with Crippen LogP contribution in [0.15, 0.2) is 53.3 Å². The van der Waals surface area contributed by atoms with Gasteiger partial charge in [-0.25, -0.2) is 9.18 Å². The van der Waals surface area contributed by atoms with Gasteiger partial charge in [0.1, 0.15) is 5.82 Å². The van der Waals surface area contributed by atoms with E-state index in [2.05, 4.69) is 29.0 Å². The molecule has 0 aliphatic carbocycles. The Morgan fingerprint density at radius 2 is 1.74 bits per heavy atom. The second-order valence-corrected chi connectivity index (χ2v) is 7.60. The third-order valence-electron chi connectivity index (χ3n) is 5.40. The van der Waals surface area contributed by atoms with Gasteiger partial charge in [0.05, 0.1) is 6.54 Å². The van der Waals surface area contributed by atoms with E-state index >= 15 is 0 Å². The number of H-pyrrole nitrogens is 1. The Labute approximate surface area is 181 Å². The van der Waals surface area contributed by atoms with Gasteiger partial charge in [-0.15, -0.1) is 0 Å². The van der Waals surface area contributed by atoms with Crippen LogP contribution in [0.4, 0.5) is 14.9 Å². The van der Waals surface area contributed by atoms with E-state index in [1.54, 1.807) is 4.90 Å². The van der Waals surface area contributed by atoms with Crippen LogP contribution in [0.5, 0.6) is 0 Å². The van der Waals surface area contributed by atoms with E-state index < -0.39 is 0 Å². The van der Waals surface area contributed by atoms with Gasteiger partial charge in [-0.3, -0.25) is 4.79 Å². The molecule has 0 fully saturated rings. The number of urea groups is 1. The van der Waals surface area contributed by atoms with E-state index in [0.717, 1.165) is 29.6 Å². The number of anilines is 1. The highest BCUT2D eigenvalue weighted by atomic mass is 19.1. The van der Waals surface area contributed by atoms with Gasteiger partial charge in [0.25, 0.3) is 5.56 Å². The predicted octanol–water partition coefficient (Wildman–Crippen LogP) is 4.35. The number of carbonyl (C=O) groups excluding carboxylic acids is 1. The summed E-state index contributed by atoms with van der Waals surface area (Å²) in [5.74, 6) is -0.366. The lowest BCUT2D eigenvalue weighted by Gasteiger charge is -2.26. The summed E-state index contributed by atoms with van der Waals surface area (Å²) in [6.45, 7) is 9.21. The number of nitrogens with zero attached hydrogens (tertiary/aromatic N) is 2. The Kier molecular flexibility index (Phi) is 7.41. The van der Waals surface area contributed by atoms with Crippen molar-refractivity contribution in [1.29, 1.82) is 0 Å². The number of nitrogens with one attached hydrogen (secondary N) is 2. The van der Waals surface area contributed by atoms with Gasteiger partial charge < -0.3 is 20.1 Å². The standard InChI is InChI=1S/C24H29FN4O2/c1-4-28(5-2)12-13-29(24(31)26-21-9-7-20(25)8-10-21)16-19-15-18-14-17(3)6-11-22(18)27-23(19)30/h6-11,14-15H,4-5,12-13,16H2,1-3H3,(H,26,31)(H,27,30). The summed E-state index contributed by atoms with van der Waals surface area (Å²) < 4.78 is 13.2. The Morgan fingerprint density at radius 3 is 2.42 bits per heavy atom. The van der Waals surface area contributed by atoms with E-state index in [1.165, 1.54) is 24.3 Å². The van der Waals surface area contributed by atoms with Crippen LogP contribution < -0.4 is 10.9 Å². The summed E-state index contributed by atoms with van der Waals surface area (Å²) in [5, 5.41) is 3.73. The highest BCUT2D eigenvalue weighted by molar-refractivity contribution is 5.89. The first-order valence-corrected chi connectivity index (χ1v) is 10.6. The lowest BCUT2D eigenvalue weighted by Crippen LogP contribution is -2.41. The first-order chi connectivity index (χ1) is 14.9. The Morgan fingerprint density at radius 1 is 1.03 bits per heavy atom. The van der Waals surface area contributed by atoms with E-state index in [9.17, 15) is 14.0 Å². The summed E-state index contributed by atoms with van der Waals surface area (Å²) >= 11 is 0. The van der Waals surface area contributed by atoms with Crippen LogP contribution in [0.25, 0.3) is 10.9 Å². The minimum Gasteiger partial charge on any atom is -0.322 e. The fourth-order valence-electron chi connectivity index (χ4n) is 3.48. The number of aromatic nitrogens is 1. The zero-order chi connectivity index (χ0) is 22.4. The largest absolute Gasteiger partial charge is 0.322 e. The maximum Gasteiger partial charge on any atom is 0.322 e. The molecular formula is C24H29FN4O2. The Bertz CT molecular complexity index is 1090. The highest BCUT2D eigenvalue weighted by Crippen LogP contribution is 2.15. The van der Waals surface area contributed by atoms with Crippen LogP contribution in [0.3, 0.4) is 0 Å². The van der Waals surface area contributed by atoms with Crippen molar-refractivity contribution in [3.63, 3.8) is 0 Å². The van der Waals surface area contributed by atoms with Gasteiger partial charge in [-0.1, -0.05) is 25.5 Å². The molecule has 2 N–H and O–H groups in total. The number of pyridine rings is 1. The summed E-state index contributed by atoms with van der Waals surface area (Å²) in [6, 6.07) is 13.0. The maximum atomic E-state index is 13.2. The van der Waals surface area contributed by atoms with Crippen molar-refractivity contribution in [2.75, 3.05) is 31.5 Å². The first-order valence-electron chi connectivity index (χ1n) is 10.6. The number of aryl methyl sites for hydroxylation is 1. The molecule has 0 atom stereocenters. The SMILES string of the molecule is CCN(CC)CCN(Cc1cc2cc(C)ccc2[nH]c1=O)C(=O)Nc1ccc(F)cc1. The van der Waals surface area contributed by atoms with E-state index in [-0.39, 0.29) is 24.0 Å². The van der Waals surface area contributed by atoms with Crippen molar-refractivity contribution in [1.82, 2.24) is 14.8 Å². The fraction of sp³-hybridized carbons (Fsp3) is 0.333. The molecule has 164 valence electrons. The second kappa shape index (κ2) is 10.2. The minimum atomic E-state index is -0.366. The minimum absolute atomic E-state index is 0.174. The van der Waals surface area contributed by atoms with Crippen LogP contribution in [0.2, 0.25) is 0 Å². The quantitative estimate of drug-likeness (QED) is 0.565. The molecule has 6 nitrogen and oxygen atoms in total. The average Bonchev–Trinajstić information content (AvgIpc) is 2.75. The molecule has 3 aromatic rings. The summed E-state index contributed by atoms with van der Waals surface area (Å²) in [7, 11) is 0. The predicted molar refractivity (Wildman–Crippen MR) is 123 cm³/mol. The number of carbonyl (C=O) groups is 1. The van der Waals surface area contributed by atoms with Crippen molar-refractivity contribution in [3.05, 3.63) is 75.8 Å². The number of aromatic amines is 1. The molecule has 2 aromatic carbocycles. The Balaban J connectivity index is 1.85.